The second-order valence-corrected chi connectivity index (χ2v) is 5.81. The standard InChI is InChI=1S/C14H26N2O3/c1-15-8-9-19-12(10-15)11-16-7-5-3-2-4-6-13(16)14(17)18/h12-13H,2-11H2,1H3,(H,17,18). The second kappa shape index (κ2) is 7.22. The molecule has 2 heterocycles. The van der Waals surface area contributed by atoms with Gasteiger partial charge >= 0.3 is 5.97 Å². The van der Waals surface area contributed by atoms with Crippen molar-refractivity contribution in [3.8, 4) is 0 Å². The van der Waals surface area contributed by atoms with Crippen molar-refractivity contribution in [3.05, 3.63) is 0 Å². The molecule has 2 aliphatic heterocycles. The lowest BCUT2D eigenvalue weighted by atomic mass is 10.0. The maximum Gasteiger partial charge on any atom is 0.320 e. The Morgan fingerprint density at radius 2 is 2.05 bits per heavy atom. The van der Waals surface area contributed by atoms with Crippen molar-refractivity contribution in [1.29, 1.82) is 0 Å². The third-order valence-electron chi connectivity index (χ3n) is 4.18. The summed E-state index contributed by atoms with van der Waals surface area (Å²) in [5.41, 5.74) is 0. The Morgan fingerprint density at radius 1 is 1.26 bits per heavy atom. The first-order valence-corrected chi connectivity index (χ1v) is 7.44. The molecule has 5 nitrogen and oxygen atoms in total. The maximum atomic E-state index is 11.4. The fourth-order valence-corrected chi connectivity index (χ4v) is 3.08. The highest BCUT2D eigenvalue weighted by Crippen LogP contribution is 2.18. The number of carboxylic acids is 1. The first-order chi connectivity index (χ1) is 9.16. The van der Waals surface area contributed by atoms with E-state index in [2.05, 4.69) is 16.8 Å². The molecular weight excluding hydrogens is 244 g/mol. The Labute approximate surface area is 115 Å². The first kappa shape index (κ1) is 14.8. The molecule has 0 spiro atoms. The Hall–Kier alpha value is -0.650. The van der Waals surface area contributed by atoms with Crippen LogP contribution in [0.5, 0.6) is 0 Å². The van der Waals surface area contributed by atoms with Crippen molar-refractivity contribution in [2.24, 2.45) is 0 Å². The van der Waals surface area contributed by atoms with Gasteiger partial charge in [0.05, 0.1) is 12.7 Å². The van der Waals surface area contributed by atoms with Gasteiger partial charge in [-0.2, -0.15) is 0 Å². The molecule has 0 aromatic heterocycles. The topological polar surface area (TPSA) is 53.0 Å². The van der Waals surface area contributed by atoms with Crippen molar-refractivity contribution >= 4 is 5.97 Å². The van der Waals surface area contributed by atoms with Crippen LogP contribution in [-0.4, -0.2) is 72.9 Å². The van der Waals surface area contributed by atoms with Gasteiger partial charge in [0.15, 0.2) is 0 Å². The van der Waals surface area contributed by atoms with Crippen molar-refractivity contribution in [2.45, 2.75) is 44.2 Å². The molecule has 0 amide bonds. The van der Waals surface area contributed by atoms with Crippen molar-refractivity contribution in [3.63, 3.8) is 0 Å². The van der Waals surface area contributed by atoms with E-state index in [1.165, 1.54) is 12.8 Å². The smallest absolute Gasteiger partial charge is 0.320 e. The van der Waals surface area contributed by atoms with Gasteiger partial charge in [-0.05, 0) is 26.4 Å². The third kappa shape index (κ3) is 4.44. The average Bonchev–Trinajstić information content (AvgIpc) is 2.32. The highest BCUT2D eigenvalue weighted by molar-refractivity contribution is 5.73. The van der Waals surface area contributed by atoms with Crippen LogP contribution in [0.4, 0.5) is 0 Å². The molecule has 110 valence electrons. The third-order valence-corrected chi connectivity index (χ3v) is 4.18. The molecule has 19 heavy (non-hydrogen) atoms. The van der Waals surface area contributed by atoms with Crippen LogP contribution in [0.3, 0.4) is 0 Å². The fourth-order valence-electron chi connectivity index (χ4n) is 3.08. The zero-order valence-corrected chi connectivity index (χ0v) is 11.9. The minimum absolute atomic E-state index is 0.153. The van der Waals surface area contributed by atoms with Gasteiger partial charge in [0.2, 0.25) is 0 Å². The lowest BCUT2D eigenvalue weighted by molar-refractivity contribution is -0.145. The van der Waals surface area contributed by atoms with Gasteiger partial charge in [-0.1, -0.05) is 19.3 Å². The monoisotopic (exact) mass is 270 g/mol. The highest BCUT2D eigenvalue weighted by atomic mass is 16.5. The fraction of sp³-hybridized carbons (Fsp3) is 0.929. The van der Waals surface area contributed by atoms with Crippen LogP contribution >= 0.6 is 0 Å². The summed E-state index contributed by atoms with van der Waals surface area (Å²) in [4.78, 5) is 15.8. The van der Waals surface area contributed by atoms with Gasteiger partial charge in [-0.15, -0.1) is 0 Å². The Kier molecular flexibility index (Phi) is 5.60. The van der Waals surface area contributed by atoms with Gasteiger partial charge in [0, 0.05) is 19.6 Å². The molecule has 0 saturated carbocycles. The molecule has 0 aromatic carbocycles. The lowest BCUT2D eigenvalue weighted by Crippen LogP contribution is -2.51. The number of likely N-dealkylation sites (N-methyl/N-ethyl adjacent to an activating group) is 1. The maximum absolute atomic E-state index is 11.4. The van der Waals surface area contributed by atoms with Crippen molar-refractivity contribution in [2.75, 3.05) is 39.8 Å². The normalized spacial score (nSPS) is 31.6. The predicted molar refractivity (Wildman–Crippen MR) is 73.3 cm³/mol. The Morgan fingerprint density at radius 3 is 2.79 bits per heavy atom. The summed E-state index contributed by atoms with van der Waals surface area (Å²) in [5, 5.41) is 9.41. The lowest BCUT2D eigenvalue weighted by Gasteiger charge is -2.37. The Balaban J connectivity index is 1.94. The zero-order valence-electron chi connectivity index (χ0n) is 11.9. The second-order valence-electron chi connectivity index (χ2n) is 5.81. The van der Waals surface area contributed by atoms with Crippen molar-refractivity contribution in [1.82, 2.24) is 9.80 Å². The van der Waals surface area contributed by atoms with Crippen molar-refractivity contribution < 1.29 is 14.6 Å². The number of hydrogen-bond donors (Lipinski definition) is 1. The molecule has 2 aliphatic rings. The highest BCUT2D eigenvalue weighted by Gasteiger charge is 2.29. The number of ether oxygens (including phenoxy) is 1. The van der Waals surface area contributed by atoms with E-state index in [-0.39, 0.29) is 12.1 Å². The SMILES string of the molecule is CN1CCOC(CN2CCCCCCC2C(=O)O)C1. The predicted octanol–water partition coefficient (Wildman–Crippen LogP) is 1.04. The van der Waals surface area contributed by atoms with Crippen LogP contribution in [0.25, 0.3) is 0 Å². The quantitative estimate of drug-likeness (QED) is 0.830. The van der Waals surface area contributed by atoms with Crippen LogP contribution in [0, 0.1) is 0 Å². The number of aliphatic carboxylic acids is 1. The molecule has 0 aromatic rings. The minimum atomic E-state index is -0.675. The number of carboxylic acid groups (broad SMARTS) is 1. The molecule has 1 N–H and O–H groups in total. The number of morpholine rings is 1. The molecule has 0 aliphatic carbocycles. The van der Waals surface area contributed by atoms with Gasteiger partial charge in [-0.25, -0.2) is 0 Å². The molecule has 2 fully saturated rings. The molecule has 2 atom stereocenters. The van der Waals surface area contributed by atoms with Gasteiger partial charge in [-0.3, -0.25) is 9.69 Å². The molecule has 0 bridgehead atoms. The van der Waals surface area contributed by atoms with Gasteiger partial charge in [0.1, 0.15) is 6.04 Å². The summed E-state index contributed by atoms with van der Waals surface area (Å²) in [5.74, 6) is -0.675. The number of nitrogens with zero attached hydrogens (tertiary/aromatic N) is 2. The summed E-state index contributed by atoms with van der Waals surface area (Å²) >= 11 is 0. The van der Waals surface area contributed by atoms with E-state index in [4.69, 9.17) is 4.74 Å². The van der Waals surface area contributed by atoms with Gasteiger partial charge in [0.25, 0.3) is 0 Å². The first-order valence-electron chi connectivity index (χ1n) is 7.44. The number of rotatable bonds is 3. The van der Waals surface area contributed by atoms with E-state index in [1.807, 2.05) is 0 Å². The van der Waals surface area contributed by atoms with E-state index in [0.29, 0.717) is 0 Å². The molecular formula is C14H26N2O3. The van der Waals surface area contributed by atoms with E-state index in [0.717, 1.165) is 52.0 Å². The van der Waals surface area contributed by atoms with E-state index >= 15 is 0 Å². The van der Waals surface area contributed by atoms with E-state index in [9.17, 15) is 9.90 Å². The molecule has 5 heteroatoms. The summed E-state index contributed by atoms with van der Waals surface area (Å²) < 4.78 is 5.77. The molecule has 2 saturated heterocycles. The van der Waals surface area contributed by atoms with Crippen LogP contribution in [0.1, 0.15) is 32.1 Å². The molecule has 2 unspecified atom stereocenters. The average molecular weight is 270 g/mol. The number of carbonyl (C=O) groups is 1. The summed E-state index contributed by atoms with van der Waals surface area (Å²) in [6.45, 7) is 4.27. The summed E-state index contributed by atoms with van der Waals surface area (Å²) in [6, 6.07) is -0.323. The number of likely N-dealkylation sites (tertiary alicyclic amines) is 1. The Bertz CT molecular complexity index is 298. The van der Waals surface area contributed by atoms with Crippen LogP contribution in [0.15, 0.2) is 0 Å². The molecule has 2 rings (SSSR count). The van der Waals surface area contributed by atoms with Crippen LogP contribution < -0.4 is 0 Å². The van der Waals surface area contributed by atoms with E-state index in [1.54, 1.807) is 0 Å². The summed E-state index contributed by atoms with van der Waals surface area (Å²) in [6.07, 6.45) is 5.44. The summed E-state index contributed by atoms with van der Waals surface area (Å²) in [7, 11) is 2.09. The van der Waals surface area contributed by atoms with Crippen LogP contribution in [0.2, 0.25) is 0 Å². The van der Waals surface area contributed by atoms with E-state index < -0.39 is 5.97 Å². The van der Waals surface area contributed by atoms with Gasteiger partial charge < -0.3 is 14.7 Å². The molecule has 0 radical (unpaired) electrons. The minimum Gasteiger partial charge on any atom is -0.480 e. The van der Waals surface area contributed by atoms with Crippen LogP contribution in [-0.2, 0) is 9.53 Å². The zero-order chi connectivity index (χ0) is 13.7. The largest absolute Gasteiger partial charge is 0.480 e. The number of hydrogen-bond acceptors (Lipinski definition) is 4.